The highest BCUT2D eigenvalue weighted by molar-refractivity contribution is 7.89. The molecular weight excluding hydrogens is 409 g/mol. The summed E-state index contributed by atoms with van der Waals surface area (Å²) < 4.78 is 26.3. The van der Waals surface area contributed by atoms with E-state index in [1.807, 2.05) is 6.92 Å². The van der Waals surface area contributed by atoms with E-state index in [1.165, 1.54) is 25.6 Å². The Kier molecular flexibility index (Phi) is 7.55. The zero-order valence-electron chi connectivity index (χ0n) is 16.1. The maximum atomic E-state index is 12.7. The van der Waals surface area contributed by atoms with E-state index in [0.717, 1.165) is 13.1 Å². The van der Waals surface area contributed by atoms with Gasteiger partial charge in [0.15, 0.2) is 0 Å². The first-order chi connectivity index (χ1) is 12.5. The second-order valence-electron chi connectivity index (χ2n) is 7.48. The van der Waals surface area contributed by atoms with Crippen molar-refractivity contribution in [2.45, 2.75) is 38.1 Å². The predicted molar refractivity (Wildman–Crippen MR) is 109 cm³/mol. The highest BCUT2D eigenvalue weighted by Gasteiger charge is 2.26. The van der Waals surface area contributed by atoms with E-state index >= 15 is 0 Å². The molecule has 2 N–H and O–H groups in total. The third kappa shape index (κ3) is 5.57. The van der Waals surface area contributed by atoms with Crippen LogP contribution < -0.4 is 10.0 Å². The third-order valence-electron chi connectivity index (χ3n) is 4.70. The van der Waals surface area contributed by atoms with Crippen molar-refractivity contribution in [3.05, 3.63) is 27.7 Å². The van der Waals surface area contributed by atoms with Crippen LogP contribution in [-0.4, -0.2) is 51.9 Å². The lowest BCUT2D eigenvalue weighted by Crippen LogP contribution is -2.47. The second kappa shape index (κ2) is 9.09. The van der Waals surface area contributed by atoms with Gasteiger partial charge in [-0.2, -0.15) is 0 Å². The Balaban J connectivity index is 2.14. The van der Waals surface area contributed by atoms with Crippen LogP contribution in [0.2, 0.25) is 10.0 Å². The Bertz CT molecular complexity index is 791. The van der Waals surface area contributed by atoms with Crippen molar-refractivity contribution in [3.63, 3.8) is 0 Å². The van der Waals surface area contributed by atoms with Crippen molar-refractivity contribution < 1.29 is 13.2 Å². The van der Waals surface area contributed by atoms with E-state index in [0.29, 0.717) is 18.4 Å². The van der Waals surface area contributed by atoms with Crippen LogP contribution in [0.25, 0.3) is 0 Å². The number of halogens is 2. The van der Waals surface area contributed by atoms with Crippen molar-refractivity contribution in [2.24, 2.45) is 11.8 Å². The molecular formula is C18H27Cl2N3O3S. The monoisotopic (exact) mass is 435 g/mol. The molecule has 27 heavy (non-hydrogen) atoms. The Hall–Kier alpha value is -0.860. The molecule has 1 aliphatic rings. The number of benzene rings is 1. The number of carbonyl (C=O) groups excluding carboxylic acids is 1. The van der Waals surface area contributed by atoms with Crippen LogP contribution in [0.1, 0.15) is 37.6 Å². The van der Waals surface area contributed by atoms with Crippen LogP contribution in [0, 0.1) is 11.8 Å². The molecule has 1 amide bonds. The zero-order chi connectivity index (χ0) is 20.4. The SMILES string of the molecule is CNS(=O)(=O)c1ccc(Cl)c(C(=O)N[C@H](C)CN2C[C@@H](C)C[C@H](C)C2)c1Cl. The van der Waals surface area contributed by atoms with Crippen LogP contribution in [0.15, 0.2) is 17.0 Å². The van der Waals surface area contributed by atoms with Gasteiger partial charge in [0.1, 0.15) is 4.90 Å². The van der Waals surface area contributed by atoms with Gasteiger partial charge in [-0.15, -0.1) is 0 Å². The van der Waals surface area contributed by atoms with Gasteiger partial charge < -0.3 is 10.2 Å². The minimum atomic E-state index is -3.79. The van der Waals surface area contributed by atoms with Crippen molar-refractivity contribution in [1.82, 2.24) is 14.9 Å². The van der Waals surface area contributed by atoms with Crippen LogP contribution >= 0.6 is 23.2 Å². The van der Waals surface area contributed by atoms with Crippen molar-refractivity contribution in [2.75, 3.05) is 26.7 Å². The van der Waals surface area contributed by atoms with Crippen LogP contribution in [-0.2, 0) is 10.0 Å². The van der Waals surface area contributed by atoms with Gasteiger partial charge in [0, 0.05) is 25.7 Å². The van der Waals surface area contributed by atoms with Crippen LogP contribution in [0.4, 0.5) is 0 Å². The van der Waals surface area contributed by atoms with Crippen molar-refractivity contribution in [3.8, 4) is 0 Å². The van der Waals surface area contributed by atoms with Gasteiger partial charge in [-0.3, -0.25) is 4.79 Å². The Morgan fingerprint density at radius 1 is 1.26 bits per heavy atom. The highest BCUT2D eigenvalue weighted by Crippen LogP contribution is 2.31. The molecule has 2 rings (SSSR count). The average molecular weight is 436 g/mol. The number of likely N-dealkylation sites (tertiary alicyclic amines) is 1. The zero-order valence-corrected chi connectivity index (χ0v) is 18.4. The lowest BCUT2D eigenvalue weighted by atomic mass is 9.92. The molecule has 0 unspecified atom stereocenters. The number of sulfonamides is 1. The maximum Gasteiger partial charge on any atom is 0.254 e. The lowest BCUT2D eigenvalue weighted by molar-refractivity contribution is 0.0905. The molecule has 1 saturated heterocycles. The predicted octanol–water partition coefficient (Wildman–Crippen LogP) is 3.00. The summed E-state index contributed by atoms with van der Waals surface area (Å²) >= 11 is 12.3. The fourth-order valence-electron chi connectivity index (χ4n) is 3.73. The molecule has 0 aliphatic carbocycles. The number of hydrogen-bond donors (Lipinski definition) is 2. The smallest absolute Gasteiger partial charge is 0.254 e. The number of nitrogens with one attached hydrogen (secondary N) is 2. The first kappa shape index (κ1) is 22.4. The number of nitrogens with zero attached hydrogens (tertiary/aromatic N) is 1. The minimum Gasteiger partial charge on any atom is -0.348 e. The van der Waals surface area contributed by atoms with Gasteiger partial charge in [-0.1, -0.05) is 37.0 Å². The maximum absolute atomic E-state index is 12.7. The van der Waals surface area contributed by atoms with Gasteiger partial charge in [-0.05, 0) is 44.4 Å². The molecule has 0 bridgehead atoms. The number of hydrogen-bond acceptors (Lipinski definition) is 4. The van der Waals surface area contributed by atoms with Gasteiger partial charge in [0.25, 0.3) is 5.91 Å². The van der Waals surface area contributed by atoms with Crippen LogP contribution in [0.3, 0.4) is 0 Å². The quantitative estimate of drug-likeness (QED) is 0.719. The summed E-state index contributed by atoms with van der Waals surface area (Å²) in [6.07, 6.45) is 1.22. The normalized spacial score (nSPS) is 22.4. The summed E-state index contributed by atoms with van der Waals surface area (Å²) in [6.45, 7) is 9.10. The van der Waals surface area contributed by atoms with E-state index in [4.69, 9.17) is 23.2 Å². The molecule has 1 aromatic carbocycles. The molecule has 3 atom stereocenters. The van der Waals surface area contributed by atoms with E-state index in [9.17, 15) is 13.2 Å². The third-order valence-corrected chi connectivity index (χ3v) is 6.97. The second-order valence-corrected chi connectivity index (χ2v) is 10.1. The molecule has 0 spiro atoms. The Morgan fingerprint density at radius 3 is 2.41 bits per heavy atom. The molecule has 6 nitrogen and oxygen atoms in total. The summed E-state index contributed by atoms with van der Waals surface area (Å²) in [7, 11) is -2.51. The van der Waals surface area contributed by atoms with Crippen molar-refractivity contribution in [1.29, 1.82) is 0 Å². The Labute approximate surface area is 171 Å². The van der Waals surface area contributed by atoms with Gasteiger partial charge in [-0.25, -0.2) is 13.1 Å². The average Bonchev–Trinajstić information content (AvgIpc) is 2.53. The summed E-state index contributed by atoms with van der Waals surface area (Å²) in [5, 5.41) is 2.82. The molecule has 0 saturated carbocycles. The number of carbonyl (C=O) groups is 1. The molecule has 9 heteroatoms. The largest absolute Gasteiger partial charge is 0.348 e. The first-order valence-electron chi connectivity index (χ1n) is 9.00. The molecule has 1 aliphatic heterocycles. The first-order valence-corrected chi connectivity index (χ1v) is 11.2. The topological polar surface area (TPSA) is 78.5 Å². The minimum absolute atomic E-state index is 0.0260. The van der Waals surface area contributed by atoms with Gasteiger partial charge in [0.05, 0.1) is 15.6 Å². The van der Waals surface area contributed by atoms with Crippen LogP contribution in [0.5, 0.6) is 0 Å². The number of amides is 1. The van der Waals surface area contributed by atoms with E-state index in [1.54, 1.807) is 0 Å². The molecule has 152 valence electrons. The molecule has 1 heterocycles. The lowest BCUT2D eigenvalue weighted by Gasteiger charge is -2.36. The van der Waals surface area contributed by atoms with E-state index in [2.05, 4.69) is 28.8 Å². The van der Waals surface area contributed by atoms with Crippen molar-refractivity contribution >= 4 is 39.1 Å². The van der Waals surface area contributed by atoms with Gasteiger partial charge in [0.2, 0.25) is 10.0 Å². The number of rotatable bonds is 6. The molecule has 1 aromatic rings. The standard InChI is InChI=1S/C18H27Cl2N3O3S/c1-11-7-12(2)9-23(8-11)10-13(3)22-18(24)16-14(19)5-6-15(17(16)20)27(25,26)21-4/h5-6,11-13,21H,7-10H2,1-4H3,(H,22,24)/t11-,12-,13+/m0/s1. The summed E-state index contributed by atoms with van der Waals surface area (Å²) in [5.41, 5.74) is -0.0260. The summed E-state index contributed by atoms with van der Waals surface area (Å²) in [6, 6.07) is 2.52. The molecule has 0 aromatic heterocycles. The summed E-state index contributed by atoms with van der Waals surface area (Å²) in [4.78, 5) is 14.9. The van der Waals surface area contributed by atoms with Gasteiger partial charge >= 0.3 is 0 Å². The molecule has 0 radical (unpaired) electrons. The fourth-order valence-corrected chi connectivity index (χ4v) is 5.38. The highest BCUT2D eigenvalue weighted by atomic mass is 35.5. The van der Waals surface area contributed by atoms with E-state index < -0.39 is 15.9 Å². The Morgan fingerprint density at radius 2 is 1.85 bits per heavy atom. The fraction of sp³-hybridized carbons (Fsp3) is 0.611. The van der Waals surface area contributed by atoms with E-state index in [-0.39, 0.29) is 26.5 Å². The number of piperidine rings is 1. The summed E-state index contributed by atoms with van der Waals surface area (Å²) in [5.74, 6) is 0.775. The molecule has 1 fully saturated rings.